The number of anilines is 1. The van der Waals surface area contributed by atoms with E-state index in [1.165, 1.54) is 4.68 Å². The number of halogens is 2. The van der Waals surface area contributed by atoms with Crippen molar-refractivity contribution in [3.63, 3.8) is 0 Å². The van der Waals surface area contributed by atoms with Gasteiger partial charge >= 0.3 is 0 Å². The number of aromatic nitrogens is 2. The standard InChI is InChI=1S/C18H15Cl2N3O/c1-12(13-6-5-7-14(19)10-13)22-16-11-21-23(18(24)17(16)20)15-8-3-2-4-9-15/h2-12,22H,1H3/t12-/m1/s1. The van der Waals surface area contributed by atoms with Crippen molar-refractivity contribution in [1.82, 2.24) is 9.78 Å². The molecule has 0 radical (unpaired) electrons. The highest BCUT2D eigenvalue weighted by Gasteiger charge is 2.13. The number of hydrogen-bond donors (Lipinski definition) is 1. The molecule has 2 aromatic carbocycles. The topological polar surface area (TPSA) is 46.9 Å². The summed E-state index contributed by atoms with van der Waals surface area (Å²) in [6.07, 6.45) is 1.55. The van der Waals surface area contributed by atoms with E-state index in [4.69, 9.17) is 23.2 Å². The summed E-state index contributed by atoms with van der Waals surface area (Å²) in [5.41, 5.74) is 1.78. The summed E-state index contributed by atoms with van der Waals surface area (Å²) in [5, 5.41) is 8.17. The molecule has 3 rings (SSSR count). The molecule has 0 spiro atoms. The smallest absolute Gasteiger partial charge is 0.292 e. The summed E-state index contributed by atoms with van der Waals surface area (Å²) in [6.45, 7) is 1.96. The Morgan fingerprint density at radius 3 is 2.54 bits per heavy atom. The fourth-order valence-electron chi connectivity index (χ4n) is 2.38. The molecule has 1 aromatic heterocycles. The number of benzene rings is 2. The lowest BCUT2D eigenvalue weighted by Gasteiger charge is -2.17. The van der Waals surface area contributed by atoms with E-state index in [-0.39, 0.29) is 16.6 Å². The van der Waals surface area contributed by atoms with Gasteiger partial charge in [0.2, 0.25) is 0 Å². The van der Waals surface area contributed by atoms with Gasteiger partial charge in [-0.1, -0.05) is 53.5 Å². The van der Waals surface area contributed by atoms with Crippen LogP contribution in [0.15, 0.2) is 65.6 Å². The predicted molar refractivity (Wildman–Crippen MR) is 98.3 cm³/mol. The van der Waals surface area contributed by atoms with Gasteiger partial charge in [-0.3, -0.25) is 4.79 Å². The number of nitrogens with one attached hydrogen (secondary N) is 1. The first-order valence-corrected chi connectivity index (χ1v) is 8.17. The second-order valence-electron chi connectivity index (χ2n) is 5.35. The molecule has 0 aliphatic carbocycles. The summed E-state index contributed by atoms with van der Waals surface area (Å²) in [7, 11) is 0. The Morgan fingerprint density at radius 1 is 1.08 bits per heavy atom. The molecule has 1 N–H and O–H groups in total. The Hall–Kier alpha value is -2.30. The van der Waals surface area contributed by atoms with E-state index < -0.39 is 0 Å². The third-order valence-electron chi connectivity index (χ3n) is 3.64. The molecular weight excluding hydrogens is 345 g/mol. The Morgan fingerprint density at radius 2 is 1.83 bits per heavy atom. The van der Waals surface area contributed by atoms with E-state index in [1.807, 2.05) is 49.4 Å². The van der Waals surface area contributed by atoms with Crippen LogP contribution in [0.2, 0.25) is 10.0 Å². The molecule has 0 saturated heterocycles. The average Bonchev–Trinajstić information content (AvgIpc) is 2.60. The zero-order valence-electron chi connectivity index (χ0n) is 12.9. The molecule has 122 valence electrons. The Bertz CT molecular complexity index is 910. The van der Waals surface area contributed by atoms with Crippen LogP contribution in [0.3, 0.4) is 0 Å². The zero-order valence-corrected chi connectivity index (χ0v) is 14.4. The Kier molecular flexibility index (Phi) is 4.88. The van der Waals surface area contributed by atoms with Crippen molar-refractivity contribution in [2.45, 2.75) is 13.0 Å². The van der Waals surface area contributed by atoms with Gasteiger partial charge in [0.05, 0.1) is 17.6 Å². The number of hydrogen-bond acceptors (Lipinski definition) is 3. The molecule has 0 amide bonds. The summed E-state index contributed by atoms with van der Waals surface area (Å²) in [6, 6.07) is 16.6. The van der Waals surface area contributed by atoms with Crippen LogP contribution in [0.1, 0.15) is 18.5 Å². The van der Waals surface area contributed by atoms with E-state index in [0.29, 0.717) is 16.4 Å². The summed E-state index contributed by atoms with van der Waals surface area (Å²) < 4.78 is 1.28. The van der Waals surface area contributed by atoms with Crippen LogP contribution < -0.4 is 10.9 Å². The summed E-state index contributed by atoms with van der Waals surface area (Å²) in [4.78, 5) is 12.5. The molecule has 0 aliphatic rings. The molecule has 3 aromatic rings. The van der Waals surface area contributed by atoms with Crippen LogP contribution in [-0.4, -0.2) is 9.78 Å². The van der Waals surface area contributed by atoms with Gasteiger partial charge in [0.1, 0.15) is 5.02 Å². The summed E-state index contributed by atoms with van der Waals surface area (Å²) >= 11 is 12.3. The first kappa shape index (κ1) is 16.6. The maximum atomic E-state index is 12.5. The predicted octanol–water partition coefficient (Wildman–Crippen LogP) is 4.71. The average molecular weight is 360 g/mol. The minimum atomic E-state index is -0.369. The van der Waals surface area contributed by atoms with E-state index in [1.54, 1.807) is 18.3 Å². The molecule has 0 saturated carbocycles. The number of para-hydroxylation sites is 1. The van der Waals surface area contributed by atoms with Crippen molar-refractivity contribution in [2.24, 2.45) is 0 Å². The molecule has 6 heteroatoms. The van der Waals surface area contributed by atoms with E-state index in [2.05, 4.69) is 10.4 Å². The maximum Gasteiger partial charge on any atom is 0.292 e. The monoisotopic (exact) mass is 359 g/mol. The Labute approximate surface area is 149 Å². The molecule has 0 unspecified atom stereocenters. The molecule has 1 heterocycles. The highest BCUT2D eigenvalue weighted by atomic mass is 35.5. The third-order valence-corrected chi connectivity index (χ3v) is 4.24. The highest BCUT2D eigenvalue weighted by Crippen LogP contribution is 2.24. The van der Waals surface area contributed by atoms with Crippen molar-refractivity contribution < 1.29 is 0 Å². The quantitative estimate of drug-likeness (QED) is 0.733. The minimum absolute atomic E-state index is 0.0741. The van der Waals surface area contributed by atoms with Gasteiger partial charge in [-0.15, -0.1) is 0 Å². The second kappa shape index (κ2) is 7.07. The van der Waals surface area contributed by atoms with E-state index >= 15 is 0 Å². The van der Waals surface area contributed by atoms with Crippen molar-refractivity contribution in [2.75, 3.05) is 5.32 Å². The first-order chi connectivity index (χ1) is 11.6. The lowest BCUT2D eigenvalue weighted by molar-refractivity contribution is 0.799. The normalized spacial score (nSPS) is 12.0. The van der Waals surface area contributed by atoms with E-state index in [9.17, 15) is 4.79 Å². The second-order valence-corrected chi connectivity index (χ2v) is 6.16. The minimum Gasteiger partial charge on any atom is -0.376 e. The molecule has 0 aliphatic heterocycles. The van der Waals surface area contributed by atoms with Crippen molar-refractivity contribution >= 4 is 28.9 Å². The van der Waals surface area contributed by atoms with Gasteiger partial charge in [-0.05, 0) is 36.8 Å². The van der Waals surface area contributed by atoms with Crippen molar-refractivity contribution in [1.29, 1.82) is 0 Å². The van der Waals surface area contributed by atoms with Crippen LogP contribution in [-0.2, 0) is 0 Å². The molecule has 4 nitrogen and oxygen atoms in total. The van der Waals surface area contributed by atoms with Gasteiger partial charge in [0.25, 0.3) is 5.56 Å². The van der Waals surface area contributed by atoms with E-state index in [0.717, 1.165) is 5.56 Å². The highest BCUT2D eigenvalue weighted by molar-refractivity contribution is 6.33. The van der Waals surface area contributed by atoms with Gasteiger partial charge in [-0.25, -0.2) is 0 Å². The van der Waals surface area contributed by atoms with Gasteiger partial charge in [0, 0.05) is 11.1 Å². The van der Waals surface area contributed by atoms with Gasteiger partial charge < -0.3 is 5.32 Å². The van der Waals surface area contributed by atoms with Gasteiger partial charge in [-0.2, -0.15) is 9.78 Å². The van der Waals surface area contributed by atoms with Crippen LogP contribution >= 0.6 is 23.2 Å². The van der Waals surface area contributed by atoms with Crippen LogP contribution in [0.25, 0.3) is 5.69 Å². The number of nitrogens with zero attached hydrogens (tertiary/aromatic N) is 2. The fourth-order valence-corrected chi connectivity index (χ4v) is 2.76. The third kappa shape index (κ3) is 3.45. The Balaban J connectivity index is 1.90. The fraction of sp³-hybridized carbons (Fsp3) is 0.111. The van der Waals surface area contributed by atoms with Crippen molar-refractivity contribution in [3.8, 4) is 5.69 Å². The molecule has 24 heavy (non-hydrogen) atoms. The van der Waals surface area contributed by atoms with Crippen LogP contribution in [0, 0.1) is 0 Å². The van der Waals surface area contributed by atoms with Crippen LogP contribution in [0.5, 0.6) is 0 Å². The largest absolute Gasteiger partial charge is 0.376 e. The molecule has 0 fully saturated rings. The van der Waals surface area contributed by atoms with Crippen molar-refractivity contribution in [3.05, 3.63) is 86.8 Å². The zero-order chi connectivity index (χ0) is 17.1. The lowest BCUT2D eigenvalue weighted by Crippen LogP contribution is -2.23. The lowest BCUT2D eigenvalue weighted by atomic mass is 10.1. The molecular formula is C18H15Cl2N3O. The molecule has 1 atom stereocenters. The molecule has 0 bridgehead atoms. The van der Waals surface area contributed by atoms with Gasteiger partial charge in [0.15, 0.2) is 0 Å². The first-order valence-electron chi connectivity index (χ1n) is 7.41. The summed E-state index contributed by atoms with van der Waals surface area (Å²) in [5.74, 6) is 0. The SMILES string of the molecule is C[C@@H](Nc1cnn(-c2ccccc2)c(=O)c1Cl)c1cccc(Cl)c1. The number of rotatable bonds is 4. The maximum absolute atomic E-state index is 12.5. The van der Waals surface area contributed by atoms with Crippen LogP contribution in [0.4, 0.5) is 5.69 Å².